The Morgan fingerprint density at radius 3 is 2.50 bits per heavy atom. The standard InChI is InChI=1S/C12H8O7S/c1-17-11-9-7(4-5-18-9)12(20(14,15)16)6-2-3-8(13)19-10(6)11/h2-5H,1H3,(H,14,15,16). The van der Waals surface area contributed by atoms with Crippen molar-refractivity contribution in [2.45, 2.75) is 4.90 Å². The molecular formula is C12H8O7S. The number of furan rings is 1. The molecule has 2 aromatic heterocycles. The topological polar surface area (TPSA) is 107 Å². The van der Waals surface area contributed by atoms with Gasteiger partial charge in [0, 0.05) is 16.8 Å². The van der Waals surface area contributed by atoms with Crippen LogP contribution in [0.3, 0.4) is 0 Å². The first-order valence-electron chi connectivity index (χ1n) is 5.42. The Morgan fingerprint density at radius 1 is 1.15 bits per heavy atom. The summed E-state index contributed by atoms with van der Waals surface area (Å²) in [6.45, 7) is 0. The maximum Gasteiger partial charge on any atom is 0.336 e. The van der Waals surface area contributed by atoms with Gasteiger partial charge >= 0.3 is 5.63 Å². The summed E-state index contributed by atoms with van der Waals surface area (Å²) in [5.74, 6) is 0.0881. The molecular weight excluding hydrogens is 288 g/mol. The Morgan fingerprint density at radius 2 is 1.85 bits per heavy atom. The molecule has 0 radical (unpaired) electrons. The molecule has 0 amide bonds. The van der Waals surface area contributed by atoms with E-state index in [2.05, 4.69) is 0 Å². The van der Waals surface area contributed by atoms with E-state index in [9.17, 15) is 17.8 Å². The van der Waals surface area contributed by atoms with E-state index in [1.165, 1.54) is 25.5 Å². The third-order valence-electron chi connectivity index (χ3n) is 2.86. The highest BCUT2D eigenvalue weighted by molar-refractivity contribution is 7.86. The molecule has 8 heteroatoms. The second-order valence-corrected chi connectivity index (χ2v) is 5.36. The maximum atomic E-state index is 11.6. The van der Waals surface area contributed by atoms with E-state index >= 15 is 0 Å². The largest absolute Gasteiger partial charge is 0.490 e. The van der Waals surface area contributed by atoms with Crippen LogP contribution in [0.2, 0.25) is 0 Å². The molecule has 0 aliphatic heterocycles. The lowest BCUT2D eigenvalue weighted by Gasteiger charge is -2.08. The number of ether oxygens (including phenoxy) is 1. The summed E-state index contributed by atoms with van der Waals surface area (Å²) < 4.78 is 47.9. The third-order valence-corrected chi connectivity index (χ3v) is 3.82. The molecule has 0 saturated carbocycles. The Labute approximate surface area is 112 Å². The first kappa shape index (κ1) is 12.7. The van der Waals surface area contributed by atoms with E-state index < -0.39 is 15.7 Å². The van der Waals surface area contributed by atoms with Gasteiger partial charge in [-0.2, -0.15) is 8.42 Å². The highest BCUT2D eigenvalue weighted by Gasteiger charge is 2.25. The highest BCUT2D eigenvalue weighted by atomic mass is 32.2. The first-order chi connectivity index (χ1) is 9.43. The Kier molecular flexibility index (Phi) is 2.59. The van der Waals surface area contributed by atoms with E-state index in [1.807, 2.05) is 0 Å². The number of benzene rings is 1. The van der Waals surface area contributed by atoms with Crippen molar-refractivity contribution in [3.63, 3.8) is 0 Å². The summed E-state index contributed by atoms with van der Waals surface area (Å²) in [5, 5.41) is 0.184. The van der Waals surface area contributed by atoms with Gasteiger partial charge in [0.2, 0.25) is 5.75 Å². The summed E-state index contributed by atoms with van der Waals surface area (Å²) >= 11 is 0. The zero-order chi connectivity index (χ0) is 14.5. The normalized spacial score (nSPS) is 12.1. The van der Waals surface area contributed by atoms with Gasteiger partial charge in [-0.25, -0.2) is 4.79 Å². The van der Waals surface area contributed by atoms with E-state index in [1.54, 1.807) is 0 Å². The molecule has 0 unspecified atom stereocenters. The minimum Gasteiger partial charge on any atom is -0.490 e. The van der Waals surface area contributed by atoms with Gasteiger partial charge in [-0.3, -0.25) is 4.55 Å². The zero-order valence-corrected chi connectivity index (χ0v) is 10.9. The Balaban J connectivity index is 2.72. The fraction of sp³-hybridized carbons (Fsp3) is 0.0833. The van der Waals surface area contributed by atoms with Gasteiger partial charge in [0.1, 0.15) is 4.90 Å². The predicted molar refractivity (Wildman–Crippen MR) is 68.6 cm³/mol. The summed E-state index contributed by atoms with van der Waals surface area (Å²) in [6.07, 6.45) is 1.25. The molecule has 0 aliphatic rings. The molecule has 0 spiro atoms. The highest BCUT2D eigenvalue weighted by Crippen LogP contribution is 2.40. The number of fused-ring (bicyclic) bond motifs is 2. The van der Waals surface area contributed by atoms with Crippen LogP contribution < -0.4 is 10.4 Å². The predicted octanol–water partition coefficient (Wildman–Crippen LogP) is 1.79. The fourth-order valence-corrected chi connectivity index (χ4v) is 3.02. The van der Waals surface area contributed by atoms with Gasteiger partial charge in [-0.15, -0.1) is 0 Å². The molecule has 0 aliphatic carbocycles. The van der Waals surface area contributed by atoms with E-state index in [4.69, 9.17) is 13.6 Å². The second kappa shape index (κ2) is 4.09. The fourth-order valence-electron chi connectivity index (χ4n) is 2.14. The molecule has 3 rings (SSSR count). The van der Waals surface area contributed by atoms with Crippen LogP contribution in [-0.4, -0.2) is 20.1 Å². The van der Waals surface area contributed by atoms with Crippen molar-refractivity contribution in [2.24, 2.45) is 0 Å². The Hall–Kier alpha value is -2.32. The van der Waals surface area contributed by atoms with Crippen LogP contribution in [0.5, 0.6) is 5.75 Å². The van der Waals surface area contributed by atoms with Crippen molar-refractivity contribution in [2.75, 3.05) is 7.11 Å². The molecule has 3 aromatic rings. The van der Waals surface area contributed by atoms with Gasteiger partial charge in [0.25, 0.3) is 10.1 Å². The monoisotopic (exact) mass is 296 g/mol. The minimum atomic E-state index is -4.54. The third kappa shape index (κ3) is 1.69. The van der Waals surface area contributed by atoms with Crippen LogP contribution in [0.4, 0.5) is 0 Å². The number of methoxy groups -OCH3 is 1. The lowest BCUT2D eigenvalue weighted by molar-refractivity contribution is 0.402. The molecule has 7 nitrogen and oxygen atoms in total. The molecule has 104 valence electrons. The quantitative estimate of drug-likeness (QED) is 0.567. The summed E-state index contributed by atoms with van der Waals surface area (Å²) in [5.41, 5.74) is -0.708. The summed E-state index contributed by atoms with van der Waals surface area (Å²) in [7, 11) is -3.21. The smallest absolute Gasteiger partial charge is 0.336 e. The second-order valence-electron chi connectivity index (χ2n) is 4.00. The van der Waals surface area contributed by atoms with Gasteiger partial charge < -0.3 is 13.6 Å². The maximum absolute atomic E-state index is 11.6. The van der Waals surface area contributed by atoms with E-state index in [0.717, 1.165) is 6.07 Å². The summed E-state index contributed by atoms with van der Waals surface area (Å²) in [4.78, 5) is 10.9. The van der Waals surface area contributed by atoms with Crippen molar-refractivity contribution >= 4 is 32.1 Å². The average molecular weight is 296 g/mol. The molecule has 0 saturated heterocycles. The molecule has 0 atom stereocenters. The van der Waals surface area contributed by atoms with Gasteiger partial charge in [-0.05, 0) is 12.1 Å². The van der Waals surface area contributed by atoms with Crippen LogP contribution in [0.25, 0.3) is 21.9 Å². The SMILES string of the molecule is COc1c2occc2c(S(=O)(=O)O)c2ccc(=O)oc12. The van der Waals surface area contributed by atoms with Crippen molar-refractivity contribution in [1.82, 2.24) is 0 Å². The van der Waals surface area contributed by atoms with E-state index in [0.29, 0.717) is 0 Å². The van der Waals surface area contributed by atoms with Crippen molar-refractivity contribution < 1.29 is 26.5 Å². The number of rotatable bonds is 2. The molecule has 0 bridgehead atoms. The van der Waals surface area contributed by atoms with Crippen LogP contribution in [-0.2, 0) is 10.1 Å². The van der Waals surface area contributed by atoms with E-state index in [-0.39, 0.29) is 32.6 Å². The van der Waals surface area contributed by atoms with Gasteiger partial charge in [0.05, 0.1) is 13.4 Å². The molecule has 1 N–H and O–H groups in total. The number of hydrogen-bond acceptors (Lipinski definition) is 6. The summed E-state index contributed by atoms with van der Waals surface area (Å²) in [6, 6.07) is 3.69. The lowest BCUT2D eigenvalue weighted by atomic mass is 10.1. The van der Waals surface area contributed by atoms with Gasteiger partial charge in [-0.1, -0.05) is 0 Å². The molecule has 2 heterocycles. The minimum absolute atomic E-state index is 0.0397. The lowest BCUT2D eigenvalue weighted by Crippen LogP contribution is -2.04. The average Bonchev–Trinajstić information content (AvgIpc) is 2.82. The molecule has 1 aromatic carbocycles. The van der Waals surface area contributed by atoms with Crippen molar-refractivity contribution in [1.29, 1.82) is 0 Å². The molecule has 20 heavy (non-hydrogen) atoms. The Bertz CT molecular complexity index is 978. The van der Waals surface area contributed by atoms with Crippen LogP contribution in [0.1, 0.15) is 0 Å². The van der Waals surface area contributed by atoms with Gasteiger partial charge in [0.15, 0.2) is 11.2 Å². The van der Waals surface area contributed by atoms with Crippen LogP contribution >= 0.6 is 0 Å². The number of hydrogen-bond donors (Lipinski definition) is 1. The van der Waals surface area contributed by atoms with Crippen molar-refractivity contribution in [3.05, 3.63) is 34.9 Å². The van der Waals surface area contributed by atoms with Crippen LogP contribution in [0, 0.1) is 0 Å². The van der Waals surface area contributed by atoms with Crippen LogP contribution in [0.15, 0.2) is 43.0 Å². The van der Waals surface area contributed by atoms with Crippen molar-refractivity contribution in [3.8, 4) is 5.75 Å². The zero-order valence-electron chi connectivity index (χ0n) is 10.1. The molecule has 0 fully saturated rings. The first-order valence-corrected chi connectivity index (χ1v) is 6.86.